The summed E-state index contributed by atoms with van der Waals surface area (Å²) in [6, 6.07) is 14.5. The highest BCUT2D eigenvalue weighted by molar-refractivity contribution is 9.10. The molecule has 1 nitrogen and oxygen atoms in total. The predicted molar refractivity (Wildman–Crippen MR) is 83.2 cm³/mol. The average molecular weight is 337 g/mol. The minimum atomic E-state index is -0.863. The van der Waals surface area contributed by atoms with Gasteiger partial charge in [-0.1, -0.05) is 53.2 Å². The van der Waals surface area contributed by atoms with Gasteiger partial charge >= 0.3 is 0 Å². The first kappa shape index (κ1) is 15.2. The average Bonchev–Trinajstić information content (AvgIpc) is 2.44. The Morgan fingerprint density at radius 3 is 2.45 bits per heavy atom. The van der Waals surface area contributed by atoms with Crippen LogP contribution < -0.4 is 0 Å². The highest BCUT2D eigenvalue weighted by Crippen LogP contribution is 2.27. The molecule has 3 heteroatoms. The molecule has 2 aromatic carbocycles. The molecule has 0 saturated heterocycles. The summed E-state index contributed by atoms with van der Waals surface area (Å²) in [4.78, 5) is 0. The molecule has 0 amide bonds. The molecule has 0 spiro atoms. The van der Waals surface area contributed by atoms with Crippen molar-refractivity contribution >= 4 is 15.9 Å². The van der Waals surface area contributed by atoms with Crippen molar-refractivity contribution in [2.75, 3.05) is 0 Å². The van der Waals surface area contributed by atoms with Crippen LogP contribution >= 0.6 is 15.9 Å². The molecule has 2 rings (SSSR count). The van der Waals surface area contributed by atoms with Crippen molar-refractivity contribution in [3.63, 3.8) is 0 Å². The van der Waals surface area contributed by atoms with E-state index in [1.165, 1.54) is 12.1 Å². The molecule has 0 saturated carbocycles. The molecule has 0 aliphatic carbocycles. The van der Waals surface area contributed by atoms with Crippen LogP contribution in [0.2, 0.25) is 0 Å². The van der Waals surface area contributed by atoms with E-state index < -0.39 is 5.60 Å². The first-order valence-electron chi connectivity index (χ1n) is 6.73. The van der Waals surface area contributed by atoms with Gasteiger partial charge in [-0.3, -0.25) is 0 Å². The maximum absolute atomic E-state index is 13.4. The molecule has 0 aromatic heterocycles. The largest absolute Gasteiger partial charge is 0.389 e. The van der Waals surface area contributed by atoms with E-state index in [4.69, 9.17) is 0 Å². The van der Waals surface area contributed by atoms with E-state index >= 15 is 0 Å². The fourth-order valence-corrected chi connectivity index (χ4v) is 2.71. The van der Waals surface area contributed by atoms with Crippen molar-refractivity contribution in [3.8, 4) is 0 Å². The summed E-state index contributed by atoms with van der Waals surface area (Å²) in [5, 5.41) is 10.8. The minimum absolute atomic E-state index is 0.277. The van der Waals surface area contributed by atoms with Crippen molar-refractivity contribution in [1.29, 1.82) is 0 Å². The second-order valence-electron chi connectivity index (χ2n) is 5.15. The first-order chi connectivity index (χ1) is 9.52. The van der Waals surface area contributed by atoms with Gasteiger partial charge in [0.25, 0.3) is 0 Å². The normalized spacial score (nSPS) is 14.0. The minimum Gasteiger partial charge on any atom is -0.389 e. The maximum atomic E-state index is 13.4. The molecule has 0 fully saturated rings. The van der Waals surface area contributed by atoms with Crippen LogP contribution in [-0.4, -0.2) is 10.7 Å². The molecular formula is C17H18BrFO. The number of rotatable bonds is 5. The van der Waals surface area contributed by atoms with Crippen LogP contribution in [-0.2, 0) is 12.8 Å². The van der Waals surface area contributed by atoms with Crippen LogP contribution in [0.15, 0.2) is 53.0 Å². The summed E-state index contributed by atoms with van der Waals surface area (Å²) in [5.41, 5.74) is 1.02. The molecule has 106 valence electrons. The van der Waals surface area contributed by atoms with Gasteiger partial charge in [0.2, 0.25) is 0 Å². The smallest absolute Gasteiger partial charge is 0.123 e. The summed E-state index contributed by atoms with van der Waals surface area (Å²) in [6.07, 6.45) is 1.61. The third kappa shape index (κ3) is 3.90. The Hall–Kier alpha value is -1.19. The zero-order chi connectivity index (χ0) is 14.6. The number of benzene rings is 2. The zero-order valence-corrected chi connectivity index (χ0v) is 13.0. The molecule has 0 radical (unpaired) electrons. The van der Waals surface area contributed by atoms with Crippen LogP contribution in [0.25, 0.3) is 0 Å². The lowest BCUT2D eigenvalue weighted by atomic mass is 9.86. The van der Waals surface area contributed by atoms with Crippen molar-refractivity contribution in [3.05, 3.63) is 69.9 Å². The summed E-state index contributed by atoms with van der Waals surface area (Å²) in [6.45, 7) is 1.95. The van der Waals surface area contributed by atoms with Crippen molar-refractivity contribution in [1.82, 2.24) is 0 Å². The van der Waals surface area contributed by atoms with Crippen molar-refractivity contribution < 1.29 is 9.50 Å². The summed E-state index contributed by atoms with van der Waals surface area (Å²) in [7, 11) is 0. The van der Waals surface area contributed by atoms with Gasteiger partial charge < -0.3 is 5.11 Å². The third-order valence-electron chi connectivity index (χ3n) is 3.56. The molecule has 2 aromatic rings. The van der Waals surface area contributed by atoms with Crippen LogP contribution in [0.5, 0.6) is 0 Å². The Balaban J connectivity index is 2.20. The van der Waals surface area contributed by atoms with E-state index in [0.29, 0.717) is 19.3 Å². The quantitative estimate of drug-likeness (QED) is 0.851. The van der Waals surface area contributed by atoms with Gasteiger partial charge in [0.05, 0.1) is 5.60 Å². The fraction of sp³-hybridized carbons (Fsp3) is 0.294. The van der Waals surface area contributed by atoms with E-state index in [2.05, 4.69) is 15.9 Å². The zero-order valence-electron chi connectivity index (χ0n) is 11.4. The second-order valence-corrected chi connectivity index (χ2v) is 6.01. The van der Waals surface area contributed by atoms with E-state index in [-0.39, 0.29) is 5.82 Å². The van der Waals surface area contributed by atoms with Gasteiger partial charge in [-0.2, -0.15) is 0 Å². The summed E-state index contributed by atoms with van der Waals surface area (Å²) < 4.78 is 14.2. The Morgan fingerprint density at radius 1 is 1.10 bits per heavy atom. The molecule has 0 bridgehead atoms. The van der Waals surface area contributed by atoms with Gasteiger partial charge in [-0.05, 0) is 35.7 Å². The maximum Gasteiger partial charge on any atom is 0.123 e. The molecule has 1 N–H and O–H groups in total. The van der Waals surface area contributed by atoms with Gasteiger partial charge in [0.1, 0.15) is 5.82 Å². The Morgan fingerprint density at radius 2 is 1.80 bits per heavy atom. The first-order valence-corrected chi connectivity index (χ1v) is 7.52. The van der Waals surface area contributed by atoms with Crippen LogP contribution in [0.1, 0.15) is 24.5 Å². The highest BCUT2D eigenvalue weighted by Gasteiger charge is 2.26. The molecule has 0 heterocycles. The predicted octanol–water partition coefficient (Wildman–Crippen LogP) is 4.51. The van der Waals surface area contributed by atoms with E-state index in [0.717, 1.165) is 15.6 Å². The van der Waals surface area contributed by atoms with E-state index in [1.807, 2.05) is 37.3 Å². The van der Waals surface area contributed by atoms with E-state index in [9.17, 15) is 9.50 Å². The number of aliphatic hydroxyl groups is 1. The lowest BCUT2D eigenvalue weighted by molar-refractivity contribution is 0.0366. The molecular weight excluding hydrogens is 319 g/mol. The van der Waals surface area contributed by atoms with Gasteiger partial charge in [-0.25, -0.2) is 4.39 Å². The Kier molecular flexibility index (Phi) is 4.95. The molecule has 0 aliphatic rings. The fourth-order valence-electron chi connectivity index (χ4n) is 2.32. The molecule has 1 unspecified atom stereocenters. The van der Waals surface area contributed by atoms with Crippen LogP contribution in [0.4, 0.5) is 4.39 Å². The Bertz CT molecular complexity index is 570. The van der Waals surface area contributed by atoms with Crippen molar-refractivity contribution in [2.24, 2.45) is 0 Å². The van der Waals surface area contributed by atoms with Gasteiger partial charge in [0.15, 0.2) is 0 Å². The third-order valence-corrected chi connectivity index (χ3v) is 4.34. The Labute approximate surface area is 127 Å². The molecule has 0 aliphatic heterocycles. The molecule has 20 heavy (non-hydrogen) atoms. The number of halogens is 2. The summed E-state index contributed by atoms with van der Waals surface area (Å²) in [5.74, 6) is -0.277. The van der Waals surface area contributed by atoms with Crippen molar-refractivity contribution in [2.45, 2.75) is 31.8 Å². The molecule has 1 atom stereocenters. The van der Waals surface area contributed by atoms with Crippen LogP contribution in [0.3, 0.4) is 0 Å². The number of hydrogen-bond acceptors (Lipinski definition) is 1. The second kappa shape index (κ2) is 6.51. The van der Waals surface area contributed by atoms with Crippen LogP contribution in [0, 0.1) is 5.82 Å². The SMILES string of the molecule is CCC(O)(Cc1ccccc1)Cc1cc(F)ccc1Br. The standard InChI is InChI=1S/C17H18BrFO/c1-2-17(20,11-13-6-4-3-5-7-13)12-14-10-15(19)8-9-16(14)18/h3-10,20H,2,11-12H2,1H3. The summed E-state index contributed by atoms with van der Waals surface area (Å²) >= 11 is 3.42. The van der Waals surface area contributed by atoms with E-state index in [1.54, 1.807) is 6.07 Å². The monoisotopic (exact) mass is 336 g/mol. The number of hydrogen-bond donors (Lipinski definition) is 1. The lowest BCUT2D eigenvalue weighted by Gasteiger charge is -2.27. The van der Waals surface area contributed by atoms with Gasteiger partial charge in [-0.15, -0.1) is 0 Å². The topological polar surface area (TPSA) is 20.2 Å². The highest BCUT2D eigenvalue weighted by atomic mass is 79.9. The van der Waals surface area contributed by atoms with Gasteiger partial charge in [0, 0.05) is 17.3 Å². The lowest BCUT2D eigenvalue weighted by Crippen LogP contribution is -2.33.